The van der Waals surface area contributed by atoms with Gasteiger partial charge in [0.15, 0.2) is 0 Å². The number of hydrogen-bond acceptors (Lipinski definition) is 3. The Morgan fingerprint density at radius 2 is 1.75 bits per heavy atom. The van der Waals surface area contributed by atoms with Crippen LogP contribution in [-0.2, 0) is 9.53 Å². The van der Waals surface area contributed by atoms with E-state index in [2.05, 4.69) is 32.8 Å². The van der Waals surface area contributed by atoms with Gasteiger partial charge >= 0.3 is 0 Å². The largest absolute Gasteiger partial charge is 0.384 e. The Labute approximate surface area is 99.5 Å². The standard InChI is InChI=1S/C12H26N2O2/c1-12(2,9-13(3)4)10-14(5)11(15)7-8-16-6/h7-10H2,1-6H3. The first-order valence-corrected chi connectivity index (χ1v) is 5.66. The van der Waals surface area contributed by atoms with Gasteiger partial charge < -0.3 is 14.5 Å². The molecule has 0 bridgehead atoms. The van der Waals surface area contributed by atoms with Crippen molar-refractivity contribution >= 4 is 5.91 Å². The van der Waals surface area contributed by atoms with Crippen molar-refractivity contribution in [1.29, 1.82) is 0 Å². The van der Waals surface area contributed by atoms with Crippen molar-refractivity contribution in [3.8, 4) is 0 Å². The molecule has 0 aromatic heterocycles. The van der Waals surface area contributed by atoms with Gasteiger partial charge in [-0.05, 0) is 19.5 Å². The second-order valence-corrected chi connectivity index (χ2v) is 5.39. The lowest BCUT2D eigenvalue weighted by Gasteiger charge is -2.32. The van der Waals surface area contributed by atoms with Gasteiger partial charge in [-0.2, -0.15) is 0 Å². The molecule has 0 aromatic rings. The molecule has 1 amide bonds. The number of carbonyl (C=O) groups is 1. The SMILES string of the molecule is COCCC(=O)N(C)CC(C)(C)CN(C)C. The minimum Gasteiger partial charge on any atom is -0.384 e. The van der Waals surface area contributed by atoms with E-state index in [1.807, 2.05) is 7.05 Å². The Hall–Kier alpha value is -0.610. The van der Waals surface area contributed by atoms with Crippen LogP contribution in [0.4, 0.5) is 0 Å². The second kappa shape index (κ2) is 6.86. The van der Waals surface area contributed by atoms with Crippen LogP contribution in [0.2, 0.25) is 0 Å². The van der Waals surface area contributed by atoms with Gasteiger partial charge in [0.2, 0.25) is 5.91 Å². The first-order chi connectivity index (χ1) is 7.28. The zero-order chi connectivity index (χ0) is 12.8. The molecule has 16 heavy (non-hydrogen) atoms. The Kier molecular flexibility index (Phi) is 6.60. The fourth-order valence-corrected chi connectivity index (χ4v) is 2.02. The molecule has 0 unspecified atom stereocenters. The quantitative estimate of drug-likeness (QED) is 0.656. The molecule has 4 heteroatoms. The third-order valence-corrected chi connectivity index (χ3v) is 2.36. The molecular weight excluding hydrogens is 204 g/mol. The number of nitrogens with zero attached hydrogens (tertiary/aromatic N) is 2. The van der Waals surface area contributed by atoms with Crippen LogP contribution in [0.15, 0.2) is 0 Å². The van der Waals surface area contributed by atoms with Crippen molar-refractivity contribution in [3.63, 3.8) is 0 Å². The van der Waals surface area contributed by atoms with Crippen LogP contribution < -0.4 is 0 Å². The van der Waals surface area contributed by atoms with Crippen LogP contribution in [0.25, 0.3) is 0 Å². The third-order valence-electron chi connectivity index (χ3n) is 2.36. The van der Waals surface area contributed by atoms with E-state index < -0.39 is 0 Å². The summed E-state index contributed by atoms with van der Waals surface area (Å²) in [7, 11) is 7.57. The minimum absolute atomic E-state index is 0.112. The number of ether oxygens (including phenoxy) is 1. The van der Waals surface area contributed by atoms with Crippen LogP contribution in [0.3, 0.4) is 0 Å². The first-order valence-electron chi connectivity index (χ1n) is 5.66. The maximum atomic E-state index is 11.7. The number of hydrogen-bond donors (Lipinski definition) is 0. The van der Waals surface area contributed by atoms with Crippen molar-refractivity contribution < 1.29 is 9.53 Å². The normalized spacial score (nSPS) is 11.9. The zero-order valence-electron chi connectivity index (χ0n) is 11.5. The molecule has 0 aliphatic heterocycles. The lowest BCUT2D eigenvalue weighted by molar-refractivity contribution is -0.132. The molecule has 0 aliphatic rings. The molecule has 0 heterocycles. The second-order valence-electron chi connectivity index (χ2n) is 5.39. The Morgan fingerprint density at radius 3 is 2.19 bits per heavy atom. The highest BCUT2D eigenvalue weighted by Gasteiger charge is 2.23. The van der Waals surface area contributed by atoms with E-state index in [0.717, 1.165) is 13.1 Å². The molecule has 0 atom stereocenters. The average molecular weight is 230 g/mol. The van der Waals surface area contributed by atoms with E-state index in [0.29, 0.717) is 13.0 Å². The van der Waals surface area contributed by atoms with Crippen molar-refractivity contribution in [2.45, 2.75) is 20.3 Å². The molecule has 0 radical (unpaired) electrons. The monoisotopic (exact) mass is 230 g/mol. The molecule has 0 saturated heterocycles. The van der Waals surface area contributed by atoms with Crippen molar-refractivity contribution in [2.24, 2.45) is 5.41 Å². The van der Waals surface area contributed by atoms with Crippen LogP contribution in [-0.4, -0.2) is 63.7 Å². The van der Waals surface area contributed by atoms with Crippen molar-refractivity contribution in [3.05, 3.63) is 0 Å². The molecule has 0 rings (SSSR count). The average Bonchev–Trinajstić information content (AvgIpc) is 2.10. The summed E-state index contributed by atoms with van der Waals surface area (Å²) in [4.78, 5) is 15.6. The molecular formula is C12H26N2O2. The smallest absolute Gasteiger partial charge is 0.224 e. The maximum absolute atomic E-state index is 11.7. The van der Waals surface area contributed by atoms with Gasteiger partial charge in [-0.3, -0.25) is 4.79 Å². The van der Waals surface area contributed by atoms with Gasteiger partial charge in [0, 0.05) is 27.2 Å². The predicted molar refractivity (Wildman–Crippen MR) is 66.5 cm³/mol. The topological polar surface area (TPSA) is 32.8 Å². The van der Waals surface area contributed by atoms with Gasteiger partial charge in [0.1, 0.15) is 0 Å². The van der Waals surface area contributed by atoms with Gasteiger partial charge in [0.25, 0.3) is 0 Å². The summed E-state index contributed by atoms with van der Waals surface area (Å²) < 4.78 is 4.90. The lowest BCUT2D eigenvalue weighted by atomic mass is 9.92. The van der Waals surface area contributed by atoms with Gasteiger partial charge in [-0.25, -0.2) is 0 Å². The third kappa shape index (κ3) is 6.80. The van der Waals surface area contributed by atoms with E-state index in [9.17, 15) is 4.79 Å². The Morgan fingerprint density at radius 1 is 1.19 bits per heavy atom. The highest BCUT2D eigenvalue weighted by molar-refractivity contribution is 5.75. The molecule has 0 fully saturated rings. The summed E-state index contributed by atoms with van der Waals surface area (Å²) in [6.45, 7) is 6.58. The fraction of sp³-hybridized carbons (Fsp3) is 0.917. The highest BCUT2D eigenvalue weighted by Crippen LogP contribution is 2.17. The minimum atomic E-state index is 0.112. The van der Waals surface area contributed by atoms with E-state index >= 15 is 0 Å². The summed E-state index contributed by atoms with van der Waals surface area (Å²) >= 11 is 0. The van der Waals surface area contributed by atoms with Crippen LogP contribution >= 0.6 is 0 Å². The van der Waals surface area contributed by atoms with E-state index in [1.165, 1.54) is 0 Å². The molecule has 0 saturated carbocycles. The van der Waals surface area contributed by atoms with Gasteiger partial charge in [-0.1, -0.05) is 13.8 Å². The van der Waals surface area contributed by atoms with Crippen LogP contribution in [0.1, 0.15) is 20.3 Å². The van der Waals surface area contributed by atoms with Gasteiger partial charge in [-0.15, -0.1) is 0 Å². The van der Waals surface area contributed by atoms with Crippen molar-refractivity contribution in [1.82, 2.24) is 9.80 Å². The van der Waals surface area contributed by atoms with Crippen LogP contribution in [0, 0.1) is 5.41 Å². The number of carbonyl (C=O) groups excluding carboxylic acids is 1. The maximum Gasteiger partial charge on any atom is 0.224 e. The number of rotatable bonds is 7. The molecule has 0 spiro atoms. The van der Waals surface area contributed by atoms with E-state index in [-0.39, 0.29) is 11.3 Å². The summed E-state index contributed by atoms with van der Waals surface area (Å²) in [6, 6.07) is 0. The lowest BCUT2D eigenvalue weighted by Crippen LogP contribution is -2.41. The zero-order valence-corrected chi connectivity index (χ0v) is 11.5. The molecule has 0 aromatic carbocycles. The Bertz CT molecular complexity index is 215. The van der Waals surface area contributed by atoms with E-state index in [1.54, 1.807) is 12.0 Å². The summed E-state index contributed by atoms with van der Waals surface area (Å²) in [5, 5.41) is 0. The molecule has 96 valence electrons. The summed E-state index contributed by atoms with van der Waals surface area (Å²) in [5.41, 5.74) is 0.112. The van der Waals surface area contributed by atoms with Crippen molar-refractivity contribution in [2.75, 3.05) is 47.9 Å². The molecule has 0 aliphatic carbocycles. The predicted octanol–water partition coefficient (Wildman–Crippen LogP) is 1.07. The Balaban J connectivity index is 4.10. The van der Waals surface area contributed by atoms with Gasteiger partial charge in [0.05, 0.1) is 13.0 Å². The van der Waals surface area contributed by atoms with Crippen LogP contribution in [0.5, 0.6) is 0 Å². The molecule has 0 N–H and O–H groups in total. The summed E-state index contributed by atoms with van der Waals surface area (Å²) in [6.07, 6.45) is 0.463. The number of methoxy groups -OCH3 is 1. The first kappa shape index (κ1) is 15.4. The number of amides is 1. The van der Waals surface area contributed by atoms with E-state index in [4.69, 9.17) is 4.74 Å². The highest BCUT2D eigenvalue weighted by atomic mass is 16.5. The fourth-order valence-electron chi connectivity index (χ4n) is 2.02. The summed E-state index contributed by atoms with van der Waals surface area (Å²) in [5.74, 6) is 0.147. The molecule has 4 nitrogen and oxygen atoms in total.